The van der Waals surface area contributed by atoms with Gasteiger partial charge < -0.3 is 14.6 Å². The van der Waals surface area contributed by atoms with Gasteiger partial charge in [-0.15, -0.1) is 0 Å². The van der Waals surface area contributed by atoms with E-state index in [0.717, 1.165) is 7.11 Å². The maximum atomic E-state index is 11.8. The predicted octanol–water partition coefficient (Wildman–Crippen LogP) is 3.63. The molecule has 0 aromatic rings. The molecule has 23 heavy (non-hydrogen) atoms. The van der Waals surface area contributed by atoms with Crippen molar-refractivity contribution in [2.45, 2.75) is 56.9 Å². The molecule has 0 aromatic heterocycles. The van der Waals surface area contributed by atoms with Crippen LogP contribution in [0, 0.1) is 17.3 Å². The summed E-state index contributed by atoms with van der Waals surface area (Å²) in [6, 6.07) is 0. The molecule has 0 aliphatic rings. The summed E-state index contributed by atoms with van der Waals surface area (Å²) in [4.78, 5) is 34.7. The van der Waals surface area contributed by atoms with E-state index in [0.29, 0.717) is 0 Å². The minimum Gasteiger partial charge on any atom is -0.481 e. The quantitative estimate of drug-likeness (QED) is 0.669. The molecule has 3 unspecified atom stereocenters. The van der Waals surface area contributed by atoms with Crippen LogP contribution in [0.1, 0.15) is 56.9 Å². The predicted molar refractivity (Wildman–Crippen MR) is 89.6 cm³/mol. The summed E-state index contributed by atoms with van der Waals surface area (Å²) in [6.45, 7) is 4.54. The number of carboxylic acids is 1. The smallest absolute Gasteiger partial charge is 0.310 e. The van der Waals surface area contributed by atoms with Crippen LogP contribution in [0.2, 0.25) is 0 Å². The van der Waals surface area contributed by atoms with Crippen molar-refractivity contribution in [3.05, 3.63) is 0 Å². The number of aliphatic carboxylic acids is 1. The Kier molecular flexibility index (Phi) is 27.2. The van der Waals surface area contributed by atoms with E-state index in [9.17, 15) is 19.5 Å². The number of ether oxygens (including phenoxy) is 2. The minimum atomic E-state index is -1.37. The van der Waals surface area contributed by atoms with E-state index in [1.54, 1.807) is 6.92 Å². The molecule has 0 aliphatic carbocycles. The molecular formula is C16H36O6Y. The number of hydrogen-bond donors (Lipinski definition) is 1. The van der Waals surface area contributed by atoms with Gasteiger partial charge in [0.1, 0.15) is 0 Å². The van der Waals surface area contributed by atoms with Crippen LogP contribution in [0.3, 0.4) is 0 Å². The number of hydrogen-bond acceptors (Lipinski definition) is 5. The Morgan fingerprint density at radius 2 is 1.35 bits per heavy atom. The van der Waals surface area contributed by atoms with Crippen LogP contribution in [0.25, 0.3) is 0 Å². The fraction of sp³-hybridized carbons (Fsp3) is 0.812. The largest absolute Gasteiger partial charge is 0.481 e. The van der Waals surface area contributed by atoms with Crippen LogP contribution < -0.4 is 0 Å². The van der Waals surface area contributed by atoms with Gasteiger partial charge in [0.15, 0.2) is 0 Å². The Morgan fingerprint density at radius 3 is 1.57 bits per heavy atom. The second-order valence-electron chi connectivity index (χ2n) is 4.39. The molecule has 139 valence electrons. The Bertz CT molecular complexity index is 345. The van der Waals surface area contributed by atoms with Crippen LogP contribution in [0.4, 0.5) is 0 Å². The van der Waals surface area contributed by atoms with Gasteiger partial charge in [0.2, 0.25) is 0 Å². The molecule has 0 spiro atoms. The van der Waals surface area contributed by atoms with Crippen LogP contribution in [-0.4, -0.2) is 37.2 Å². The number of rotatable bonds is 6. The number of carbonyl (C=O) groups excluding carboxylic acids is 2. The van der Waals surface area contributed by atoms with Crippen LogP contribution in [0.5, 0.6) is 0 Å². The summed E-state index contributed by atoms with van der Waals surface area (Å²) >= 11 is 0. The summed E-state index contributed by atoms with van der Waals surface area (Å²) in [6.07, 6.45) is 0.198. The van der Waals surface area contributed by atoms with Crippen LogP contribution in [0.15, 0.2) is 0 Å². The summed E-state index contributed by atoms with van der Waals surface area (Å²) in [5.74, 6) is -4.47. The zero-order valence-corrected chi connectivity index (χ0v) is 14.8. The normalized spacial score (nSPS) is 13.4. The van der Waals surface area contributed by atoms with Gasteiger partial charge in [0, 0.05) is 32.7 Å². The zero-order chi connectivity index (χ0) is 14.5. The van der Waals surface area contributed by atoms with E-state index in [-0.39, 0.29) is 68.8 Å². The molecule has 1 radical (unpaired) electrons. The average Bonchev–Trinajstić information content (AvgIpc) is 2.36. The number of methoxy groups -OCH3 is 2. The van der Waals surface area contributed by atoms with Crippen molar-refractivity contribution in [2.24, 2.45) is 17.3 Å². The Morgan fingerprint density at radius 1 is 1.00 bits per heavy atom. The maximum absolute atomic E-state index is 11.8. The van der Waals surface area contributed by atoms with Crippen molar-refractivity contribution >= 4 is 17.9 Å². The molecule has 0 saturated carbocycles. The minimum absolute atomic E-state index is 0. The Hall–Kier alpha value is -0.486. The first-order valence-corrected chi connectivity index (χ1v) is 5.65. The van der Waals surface area contributed by atoms with E-state index in [4.69, 9.17) is 0 Å². The van der Waals surface area contributed by atoms with E-state index < -0.39 is 35.2 Å². The molecule has 0 fully saturated rings. The average molecular weight is 413 g/mol. The van der Waals surface area contributed by atoms with Crippen molar-refractivity contribution in [3.8, 4) is 0 Å². The molecule has 7 heteroatoms. The van der Waals surface area contributed by atoms with Crippen molar-refractivity contribution in [1.82, 2.24) is 0 Å². The molecule has 3 atom stereocenters. The molecule has 6 nitrogen and oxygen atoms in total. The van der Waals surface area contributed by atoms with Crippen molar-refractivity contribution in [3.63, 3.8) is 0 Å². The Labute approximate surface area is 167 Å². The van der Waals surface area contributed by atoms with Crippen LogP contribution >= 0.6 is 0 Å². The molecule has 0 rings (SSSR count). The number of carbonyl (C=O) groups is 3. The van der Waals surface area contributed by atoms with Gasteiger partial charge in [-0.25, -0.2) is 0 Å². The first kappa shape index (κ1) is 38.2. The maximum Gasteiger partial charge on any atom is 0.310 e. The summed E-state index contributed by atoms with van der Waals surface area (Å²) < 4.78 is 9.18. The molecule has 0 aromatic carbocycles. The van der Waals surface area contributed by atoms with Gasteiger partial charge in [-0.1, -0.05) is 43.6 Å². The van der Waals surface area contributed by atoms with Crippen molar-refractivity contribution in [1.29, 1.82) is 0 Å². The van der Waals surface area contributed by atoms with E-state index >= 15 is 0 Å². The molecule has 0 amide bonds. The molecular weight excluding hydrogens is 377 g/mol. The van der Waals surface area contributed by atoms with Gasteiger partial charge in [-0.2, -0.15) is 0 Å². The third kappa shape index (κ3) is 8.80. The van der Waals surface area contributed by atoms with Gasteiger partial charge in [-0.3, -0.25) is 14.4 Å². The van der Waals surface area contributed by atoms with Gasteiger partial charge in [-0.05, 0) is 13.3 Å². The summed E-state index contributed by atoms with van der Waals surface area (Å²) in [5, 5.41) is 9.29. The summed E-state index contributed by atoms with van der Waals surface area (Å²) in [7, 11) is 2.36. The molecule has 0 aliphatic heterocycles. The zero-order valence-electron chi connectivity index (χ0n) is 11.9. The Balaban J connectivity index is -0.000000144. The number of esters is 2. The monoisotopic (exact) mass is 413 g/mol. The van der Waals surface area contributed by atoms with Crippen LogP contribution in [-0.2, 0) is 56.6 Å². The first-order chi connectivity index (χ1) is 8.26. The standard InChI is InChI=1S/C12H20O6.4CH4.Y/c1-6-12(3,11(15)16)8(10(14)18-5)7(2)9(13)17-4;;;;;/h7-8H,6H2,1-5H3,(H,15,16);4*1H4;. The molecule has 0 heterocycles. The van der Waals surface area contributed by atoms with Gasteiger partial charge >= 0.3 is 17.9 Å². The SMILES string of the molecule is C.C.C.C.CCC(C)(C(=O)O)C(C(=O)OC)C(C)C(=O)OC.[Y]. The van der Waals surface area contributed by atoms with Gasteiger partial charge in [0.05, 0.1) is 31.5 Å². The fourth-order valence-corrected chi connectivity index (χ4v) is 1.97. The first-order valence-electron chi connectivity index (χ1n) is 5.65. The second kappa shape index (κ2) is 16.4. The molecule has 1 N–H and O–H groups in total. The van der Waals surface area contributed by atoms with Crippen molar-refractivity contribution in [2.75, 3.05) is 14.2 Å². The van der Waals surface area contributed by atoms with Crippen molar-refractivity contribution < 1.29 is 61.7 Å². The second-order valence-corrected chi connectivity index (χ2v) is 4.39. The fourth-order valence-electron chi connectivity index (χ4n) is 1.97. The third-order valence-corrected chi connectivity index (χ3v) is 3.44. The van der Waals surface area contributed by atoms with E-state index in [2.05, 4.69) is 9.47 Å². The van der Waals surface area contributed by atoms with E-state index in [1.807, 2.05) is 0 Å². The van der Waals surface area contributed by atoms with Gasteiger partial charge in [0.25, 0.3) is 0 Å². The van der Waals surface area contributed by atoms with E-state index in [1.165, 1.54) is 21.0 Å². The summed E-state index contributed by atoms with van der Waals surface area (Å²) in [5.41, 5.74) is -1.37. The molecule has 0 bridgehead atoms. The molecule has 0 saturated heterocycles. The topological polar surface area (TPSA) is 89.9 Å². The number of carboxylic acid groups (broad SMARTS) is 1. The third-order valence-electron chi connectivity index (χ3n) is 3.44.